The zero-order valence-corrected chi connectivity index (χ0v) is 14.8. The highest BCUT2D eigenvalue weighted by molar-refractivity contribution is 5.69. The number of carbonyl (C=O) groups excluding carboxylic acids is 2. The molecule has 7 nitrogen and oxygen atoms in total. The molecule has 0 aliphatic carbocycles. The smallest absolute Gasteiger partial charge is 0.308 e. The van der Waals surface area contributed by atoms with Gasteiger partial charge < -0.3 is 24.3 Å². The molecule has 0 fully saturated rings. The topological polar surface area (TPSA) is 83.1 Å². The average molecular weight is 333 g/mol. The first-order chi connectivity index (χ1) is 11.0. The summed E-state index contributed by atoms with van der Waals surface area (Å²) in [5.41, 5.74) is -0.344. The van der Waals surface area contributed by atoms with Gasteiger partial charge in [0.1, 0.15) is 0 Å². The van der Waals surface area contributed by atoms with Gasteiger partial charge in [-0.05, 0) is 27.3 Å². The van der Waals surface area contributed by atoms with Crippen molar-refractivity contribution in [2.75, 3.05) is 46.7 Å². The van der Waals surface area contributed by atoms with Gasteiger partial charge in [0.05, 0.1) is 58.0 Å². The van der Waals surface area contributed by atoms with Crippen molar-refractivity contribution in [3.63, 3.8) is 0 Å². The fourth-order valence-corrected chi connectivity index (χ4v) is 1.88. The highest BCUT2D eigenvalue weighted by atomic mass is 16.5. The lowest BCUT2D eigenvalue weighted by atomic mass is 9.99. The molecule has 0 rings (SSSR count). The molecule has 0 spiro atoms. The van der Waals surface area contributed by atoms with E-state index in [4.69, 9.17) is 18.9 Å². The van der Waals surface area contributed by atoms with E-state index >= 15 is 0 Å². The number of carbonyl (C=O) groups is 2. The molecule has 1 N–H and O–H groups in total. The quantitative estimate of drug-likeness (QED) is 0.379. The summed E-state index contributed by atoms with van der Waals surface area (Å²) in [4.78, 5) is 22.5. The maximum Gasteiger partial charge on any atom is 0.308 e. The zero-order valence-electron chi connectivity index (χ0n) is 14.8. The summed E-state index contributed by atoms with van der Waals surface area (Å²) in [6.07, 6.45) is 1.27. The van der Waals surface area contributed by atoms with Gasteiger partial charge in [-0.1, -0.05) is 6.92 Å². The van der Waals surface area contributed by atoms with E-state index in [2.05, 4.69) is 5.32 Å². The molecule has 0 unspecified atom stereocenters. The van der Waals surface area contributed by atoms with Gasteiger partial charge in [0, 0.05) is 0 Å². The number of hydrogen-bond donors (Lipinski definition) is 1. The molecular formula is C16H31NO6. The predicted molar refractivity (Wildman–Crippen MR) is 86.2 cm³/mol. The van der Waals surface area contributed by atoms with E-state index in [1.807, 2.05) is 14.0 Å². The lowest BCUT2D eigenvalue weighted by molar-refractivity contribution is -0.145. The molecule has 0 aliphatic heterocycles. The molecule has 0 aromatic rings. The van der Waals surface area contributed by atoms with Crippen molar-refractivity contribution in [3.8, 4) is 0 Å². The Kier molecular flexibility index (Phi) is 12.6. The van der Waals surface area contributed by atoms with Crippen LogP contribution in [0.1, 0.15) is 40.0 Å². The standard InChI is InChI=1S/C16H31NO6/c1-5-16(17-4,12-20-10-8-14(18)22-6-2)13-21-11-9-15(19)23-7-3/h17H,5-13H2,1-4H3. The van der Waals surface area contributed by atoms with Crippen LogP contribution >= 0.6 is 0 Å². The van der Waals surface area contributed by atoms with Crippen LogP contribution in [0.4, 0.5) is 0 Å². The van der Waals surface area contributed by atoms with Gasteiger partial charge in [-0.25, -0.2) is 0 Å². The molecule has 0 aliphatic rings. The molecule has 0 radical (unpaired) electrons. The third-order valence-corrected chi connectivity index (χ3v) is 3.48. The minimum absolute atomic E-state index is 0.237. The molecule has 0 bridgehead atoms. The van der Waals surface area contributed by atoms with Gasteiger partial charge in [0.15, 0.2) is 0 Å². The molecule has 0 saturated carbocycles. The van der Waals surface area contributed by atoms with Gasteiger partial charge in [-0.15, -0.1) is 0 Å². The monoisotopic (exact) mass is 333 g/mol. The molecule has 0 heterocycles. The van der Waals surface area contributed by atoms with Crippen molar-refractivity contribution in [2.24, 2.45) is 0 Å². The van der Waals surface area contributed by atoms with E-state index in [1.165, 1.54) is 0 Å². The van der Waals surface area contributed by atoms with Crippen molar-refractivity contribution >= 4 is 11.9 Å². The molecule has 0 amide bonds. The van der Waals surface area contributed by atoms with Crippen molar-refractivity contribution in [1.29, 1.82) is 0 Å². The first kappa shape index (κ1) is 21.8. The minimum Gasteiger partial charge on any atom is -0.466 e. The highest BCUT2D eigenvalue weighted by Gasteiger charge is 2.27. The van der Waals surface area contributed by atoms with Crippen LogP contribution in [-0.4, -0.2) is 64.2 Å². The van der Waals surface area contributed by atoms with E-state index in [0.717, 1.165) is 6.42 Å². The summed E-state index contributed by atoms with van der Waals surface area (Å²) in [6.45, 7) is 7.78. The zero-order chi connectivity index (χ0) is 17.6. The maximum absolute atomic E-state index is 11.2. The van der Waals surface area contributed by atoms with E-state index < -0.39 is 0 Å². The second kappa shape index (κ2) is 13.3. The third kappa shape index (κ3) is 10.3. The largest absolute Gasteiger partial charge is 0.466 e. The summed E-state index contributed by atoms with van der Waals surface area (Å²) in [7, 11) is 1.84. The van der Waals surface area contributed by atoms with Crippen LogP contribution in [0, 0.1) is 0 Å². The molecule has 136 valence electrons. The van der Waals surface area contributed by atoms with E-state index in [1.54, 1.807) is 13.8 Å². The van der Waals surface area contributed by atoms with E-state index in [0.29, 0.717) is 39.6 Å². The number of hydrogen-bond acceptors (Lipinski definition) is 7. The second-order valence-corrected chi connectivity index (χ2v) is 5.10. The van der Waals surface area contributed by atoms with Gasteiger partial charge in [-0.3, -0.25) is 9.59 Å². The Morgan fingerprint density at radius 1 is 0.870 bits per heavy atom. The Hall–Kier alpha value is -1.18. The SMILES string of the molecule is CCOC(=O)CCOCC(CC)(COCCC(=O)OCC)NC. The van der Waals surface area contributed by atoms with E-state index in [-0.39, 0.29) is 30.3 Å². The Labute approximate surface area is 139 Å². The number of ether oxygens (including phenoxy) is 4. The Morgan fingerprint density at radius 2 is 1.30 bits per heavy atom. The molecule has 0 aromatic carbocycles. The first-order valence-corrected chi connectivity index (χ1v) is 8.19. The van der Waals surface area contributed by atoms with E-state index in [9.17, 15) is 9.59 Å². The van der Waals surface area contributed by atoms with Crippen LogP contribution in [0.25, 0.3) is 0 Å². The van der Waals surface area contributed by atoms with Gasteiger partial charge >= 0.3 is 11.9 Å². The Morgan fingerprint density at radius 3 is 1.61 bits per heavy atom. The molecular weight excluding hydrogens is 302 g/mol. The molecule has 0 saturated heterocycles. The van der Waals surface area contributed by atoms with Crippen LogP contribution in [-0.2, 0) is 28.5 Å². The summed E-state index contributed by atoms with van der Waals surface area (Å²) in [5.74, 6) is -0.519. The second-order valence-electron chi connectivity index (χ2n) is 5.10. The third-order valence-electron chi connectivity index (χ3n) is 3.48. The van der Waals surface area contributed by atoms with Gasteiger partial charge in [0.25, 0.3) is 0 Å². The van der Waals surface area contributed by atoms with Crippen LogP contribution in [0.2, 0.25) is 0 Å². The average Bonchev–Trinajstić information content (AvgIpc) is 2.54. The number of esters is 2. The van der Waals surface area contributed by atoms with Crippen LogP contribution < -0.4 is 5.32 Å². The van der Waals surface area contributed by atoms with Gasteiger partial charge in [0.2, 0.25) is 0 Å². The lowest BCUT2D eigenvalue weighted by Gasteiger charge is -2.32. The van der Waals surface area contributed by atoms with Gasteiger partial charge in [-0.2, -0.15) is 0 Å². The summed E-state index contributed by atoms with van der Waals surface area (Å²) in [5, 5.41) is 3.21. The lowest BCUT2D eigenvalue weighted by Crippen LogP contribution is -2.51. The first-order valence-electron chi connectivity index (χ1n) is 8.19. The molecule has 0 aromatic heterocycles. The molecule has 7 heteroatoms. The van der Waals surface area contributed by atoms with Crippen molar-refractivity contribution in [1.82, 2.24) is 5.32 Å². The van der Waals surface area contributed by atoms with Crippen LogP contribution in [0.3, 0.4) is 0 Å². The minimum atomic E-state index is -0.344. The Bertz CT molecular complexity index is 303. The van der Waals surface area contributed by atoms with Crippen LogP contribution in [0.15, 0.2) is 0 Å². The maximum atomic E-state index is 11.2. The van der Waals surface area contributed by atoms with Crippen molar-refractivity contribution in [2.45, 2.75) is 45.6 Å². The summed E-state index contributed by atoms with van der Waals surface area (Å²) in [6, 6.07) is 0. The highest BCUT2D eigenvalue weighted by Crippen LogP contribution is 2.12. The molecule has 0 atom stereocenters. The predicted octanol–water partition coefficient (Wildman–Crippen LogP) is 1.29. The van der Waals surface area contributed by atoms with Crippen molar-refractivity contribution < 1.29 is 28.5 Å². The van der Waals surface area contributed by atoms with Crippen LogP contribution in [0.5, 0.6) is 0 Å². The normalized spacial score (nSPS) is 11.3. The number of nitrogens with one attached hydrogen (secondary N) is 1. The fourth-order valence-electron chi connectivity index (χ4n) is 1.88. The number of likely N-dealkylation sites (N-methyl/N-ethyl adjacent to an activating group) is 1. The summed E-state index contributed by atoms with van der Waals surface area (Å²) >= 11 is 0. The summed E-state index contributed by atoms with van der Waals surface area (Å²) < 4.78 is 20.9. The number of rotatable bonds is 14. The van der Waals surface area contributed by atoms with Crippen molar-refractivity contribution in [3.05, 3.63) is 0 Å². The fraction of sp³-hybridized carbons (Fsp3) is 0.875. The Balaban J connectivity index is 4.04. The molecule has 23 heavy (non-hydrogen) atoms.